The van der Waals surface area contributed by atoms with Gasteiger partial charge in [-0.2, -0.15) is 0 Å². The molecule has 0 saturated carbocycles. The lowest BCUT2D eigenvalue weighted by atomic mass is 10.0. The second-order valence-electron chi connectivity index (χ2n) is 4.18. The second kappa shape index (κ2) is 6.07. The fourth-order valence-corrected chi connectivity index (χ4v) is 2.14. The zero-order valence-corrected chi connectivity index (χ0v) is 11.5. The summed E-state index contributed by atoms with van der Waals surface area (Å²) in [5.74, 6) is 1.06. The van der Waals surface area contributed by atoms with Gasteiger partial charge >= 0.3 is 0 Å². The smallest absolute Gasteiger partial charge is 0.144 e. The Morgan fingerprint density at radius 2 is 1.94 bits per heavy atom. The molecule has 1 N–H and O–H groups in total. The van der Waals surface area contributed by atoms with Gasteiger partial charge in [0.15, 0.2) is 0 Å². The van der Waals surface area contributed by atoms with Crippen LogP contribution in [0, 0.1) is 0 Å². The van der Waals surface area contributed by atoms with Crippen molar-refractivity contribution in [3.05, 3.63) is 58.2 Å². The molecule has 2 nitrogen and oxygen atoms in total. The Hall–Kier alpha value is -1.25. The molecule has 1 aromatic carbocycles. The lowest BCUT2D eigenvalue weighted by Gasteiger charge is -2.14. The van der Waals surface area contributed by atoms with Gasteiger partial charge in [0.2, 0.25) is 0 Å². The zero-order chi connectivity index (χ0) is 13.0. The van der Waals surface area contributed by atoms with E-state index >= 15 is 0 Å². The highest BCUT2D eigenvalue weighted by molar-refractivity contribution is 6.35. The molecule has 2 aromatic rings. The van der Waals surface area contributed by atoms with Gasteiger partial charge < -0.3 is 5.32 Å². The highest BCUT2D eigenvalue weighted by Crippen LogP contribution is 2.23. The molecule has 0 aliphatic carbocycles. The molecule has 94 valence electrons. The highest BCUT2D eigenvalue weighted by Gasteiger charge is 2.07. The third kappa shape index (κ3) is 3.37. The van der Waals surface area contributed by atoms with Gasteiger partial charge in [-0.1, -0.05) is 60.5 Å². The number of hydrogen-bond acceptors (Lipinski definition) is 2. The van der Waals surface area contributed by atoms with E-state index in [0.29, 0.717) is 21.8 Å². The van der Waals surface area contributed by atoms with E-state index in [9.17, 15) is 0 Å². The second-order valence-corrected chi connectivity index (χ2v) is 5.02. The van der Waals surface area contributed by atoms with E-state index in [1.54, 1.807) is 12.3 Å². The Kier molecular flexibility index (Phi) is 4.45. The largest absolute Gasteiger partial charge is 0.368 e. The normalized spacial score (nSPS) is 12.2. The summed E-state index contributed by atoms with van der Waals surface area (Å²) in [6, 6.07) is 12.0. The van der Waals surface area contributed by atoms with Crippen molar-refractivity contribution in [2.45, 2.75) is 12.8 Å². The number of nitrogens with one attached hydrogen (secondary N) is 1. The summed E-state index contributed by atoms with van der Waals surface area (Å²) < 4.78 is 0. The van der Waals surface area contributed by atoms with E-state index in [0.717, 1.165) is 6.54 Å². The first-order valence-electron chi connectivity index (χ1n) is 5.76. The molecule has 0 bridgehead atoms. The first kappa shape index (κ1) is 13.2. The van der Waals surface area contributed by atoms with Crippen molar-refractivity contribution in [1.29, 1.82) is 0 Å². The van der Waals surface area contributed by atoms with Crippen LogP contribution in [-0.4, -0.2) is 11.5 Å². The van der Waals surface area contributed by atoms with Crippen molar-refractivity contribution < 1.29 is 0 Å². The molecular formula is C14H14Cl2N2. The molecule has 0 aliphatic rings. The van der Waals surface area contributed by atoms with E-state index in [1.807, 2.05) is 18.2 Å². The molecule has 1 atom stereocenters. The van der Waals surface area contributed by atoms with Crippen LogP contribution >= 0.6 is 23.2 Å². The number of rotatable bonds is 4. The van der Waals surface area contributed by atoms with Gasteiger partial charge in [-0.3, -0.25) is 0 Å². The number of halogens is 2. The third-order valence-electron chi connectivity index (χ3n) is 2.75. The monoisotopic (exact) mass is 280 g/mol. The average molecular weight is 281 g/mol. The van der Waals surface area contributed by atoms with Crippen LogP contribution in [0.3, 0.4) is 0 Å². The molecule has 0 fully saturated rings. The maximum Gasteiger partial charge on any atom is 0.144 e. The van der Waals surface area contributed by atoms with Gasteiger partial charge in [0.25, 0.3) is 0 Å². The topological polar surface area (TPSA) is 24.9 Å². The van der Waals surface area contributed by atoms with Crippen LogP contribution in [0.2, 0.25) is 10.0 Å². The molecule has 1 heterocycles. The van der Waals surface area contributed by atoms with Crippen molar-refractivity contribution in [2.24, 2.45) is 0 Å². The molecule has 0 saturated heterocycles. The molecular weight excluding hydrogens is 267 g/mol. The van der Waals surface area contributed by atoms with Gasteiger partial charge in [-0.25, -0.2) is 4.98 Å². The number of hydrogen-bond donors (Lipinski definition) is 1. The maximum atomic E-state index is 6.05. The Bertz CT molecular complexity index is 514. The van der Waals surface area contributed by atoms with Crippen LogP contribution in [0.4, 0.5) is 5.82 Å². The van der Waals surface area contributed by atoms with E-state index in [2.05, 4.69) is 29.4 Å². The summed E-state index contributed by atoms with van der Waals surface area (Å²) in [5, 5.41) is 4.32. The van der Waals surface area contributed by atoms with Crippen molar-refractivity contribution in [2.75, 3.05) is 11.9 Å². The van der Waals surface area contributed by atoms with Crippen molar-refractivity contribution in [1.82, 2.24) is 4.98 Å². The van der Waals surface area contributed by atoms with Gasteiger partial charge in [0, 0.05) is 12.7 Å². The van der Waals surface area contributed by atoms with Gasteiger partial charge in [-0.15, -0.1) is 0 Å². The minimum Gasteiger partial charge on any atom is -0.368 e. The summed E-state index contributed by atoms with van der Waals surface area (Å²) in [4.78, 5) is 4.17. The maximum absolute atomic E-state index is 6.05. The number of aromatic nitrogens is 1. The lowest BCUT2D eigenvalue weighted by Crippen LogP contribution is -2.11. The molecule has 0 aliphatic heterocycles. The Balaban J connectivity index is 1.99. The summed E-state index contributed by atoms with van der Waals surface area (Å²) in [7, 11) is 0. The lowest BCUT2D eigenvalue weighted by molar-refractivity contribution is 0.801. The van der Waals surface area contributed by atoms with Crippen molar-refractivity contribution >= 4 is 29.0 Å². The van der Waals surface area contributed by atoms with Crippen LogP contribution in [0.25, 0.3) is 0 Å². The minimum absolute atomic E-state index is 0.389. The Morgan fingerprint density at radius 1 is 1.22 bits per heavy atom. The van der Waals surface area contributed by atoms with Crippen LogP contribution < -0.4 is 5.32 Å². The standard InChI is InChI=1S/C14H14Cl2N2/c1-10(11-5-3-2-4-6-11)8-17-14-13(16)7-12(15)9-18-14/h2-7,9-10H,8H2,1H3,(H,17,18). The van der Waals surface area contributed by atoms with E-state index < -0.39 is 0 Å². The SMILES string of the molecule is CC(CNc1ncc(Cl)cc1Cl)c1ccccc1. The fourth-order valence-electron chi connectivity index (χ4n) is 1.69. The molecule has 18 heavy (non-hydrogen) atoms. The van der Waals surface area contributed by atoms with E-state index in [-0.39, 0.29) is 0 Å². The third-order valence-corrected chi connectivity index (χ3v) is 3.25. The van der Waals surface area contributed by atoms with Crippen LogP contribution in [-0.2, 0) is 0 Å². The minimum atomic E-state index is 0.389. The summed E-state index contributed by atoms with van der Waals surface area (Å²) >= 11 is 11.9. The number of pyridine rings is 1. The van der Waals surface area contributed by atoms with Gasteiger partial charge in [-0.05, 0) is 17.5 Å². The predicted octanol–water partition coefficient (Wildman–Crippen LogP) is 4.60. The highest BCUT2D eigenvalue weighted by atomic mass is 35.5. The molecule has 0 radical (unpaired) electrons. The Morgan fingerprint density at radius 3 is 2.61 bits per heavy atom. The first-order valence-corrected chi connectivity index (χ1v) is 6.52. The first-order chi connectivity index (χ1) is 8.66. The average Bonchev–Trinajstić information content (AvgIpc) is 2.38. The summed E-state index contributed by atoms with van der Waals surface area (Å²) in [5.41, 5.74) is 1.29. The van der Waals surface area contributed by atoms with Crippen molar-refractivity contribution in [3.63, 3.8) is 0 Å². The van der Waals surface area contributed by atoms with Gasteiger partial charge in [0.05, 0.1) is 10.0 Å². The summed E-state index contributed by atoms with van der Waals surface area (Å²) in [6.07, 6.45) is 1.59. The molecule has 1 aromatic heterocycles. The molecule has 4 heteroatoms. The summed E-state index contributed by atoms with van der Waals surface area (Å²) in [6.45, 7) is 2.94. The number of anilines is 1. The fraction of sp³-hybridized carbons (Fsp3) is 0.214. The molecule has 1 unspecified atom stereocenters. The quantitative estimate of drug-likeness (QED) is 0.885. The molecule has 0 amide bonds. The molecule has 2 rings (SSSR count). The number of benzene rings is 1. The van der Waals surface area contributed by atoms with Gasteiger partial charge in [0.1, 0.15) is 5.82 Å². The van der Waals surface area contributed by atoms with E-state index in [1.165, 1.54) is 5.56 Å². The zero-order valence-electron chi connectivity index (χ0n) is 10.0. The van der Waals surface area contributed by atoms with Crippen molar-refractivity contribution in [3.8, 4) is 0 Å². The van der Waals surface area contributed by atoms with Crippen LogP contribution in [0.15, 0.2) is 42.6 Å². The number of nitrogens with zero attached hydrogens (tertiary/aromatic N) is 1. The predicted molar refractivity (Wildman–Crippen MR) is 77.6 cm³/mol. The van der Waals surface area contributed by atoms with Crippen LogP contribution in [0.5, 0.6) is 0 Å². The van der Waals surface area contributed by atoms with E-state index in [4.69, 9.17) is 23.2 Å². The Labute approximate surface area is 117 Å². The van der Waals surface area contributed by atoms with Crippen LogP contribution in [0.1, 0.15) is 18.4 Å². The molecule has 0 spiro atoms.